The molecule has 0 fully saturated rings. The van der Waals surface area contributed by atoms with Crippen molar-refractivity contribution in [2.24, 2.45) is 11.8 Å². The molecule has 1 unspecified atom stereocenters. The fourth-order valence-electron chi connectivity index (χ4n) is 8.09. The van der Waals surface area contributed by atoms with Crippen molar-refractivity contribution in [3.8, 4) is 5.75 Å². The summed E-state index contributed by atoms with van der Waals surface area (Å²) < 4.78 is 0. The Hall–Kier alpha value is -8.55. The van der Waals surface area contributed by atoms with Gasteiger partial charge in [0.05, 0.1) is 25.4 Å². The number of amides is 9. The summed E-state index contributed by atoms with van der Waals surface area (Å²) >= 11 is 0. The minimum Gasteiger partial charge on any atom is -0.508 e. The first-order chi connectivity index (χ1) is 39.2. The highest BCUT2D eigenvalue weighted by Gasteiger charge is 2.37. The van der Waals surface area contributed by atoms with E-state index in [0.717, 1.165) is 13.8 Å². The SMILES string of the molecule is CN[C@@H](CC(C)C)C(=O)N[C@@H](CO)C(=O)N[C@@H](CC(C)C)C(=O)N[C@@H](Cc1ncc[nH]1)C(=O)N[C@@H](Cc1ncc[nH]1)C(=O)N[C@@H](Cc1ccc(O)cc1)C(=O)N[C@H](C(=O)N[C@@H](CO)C(=O)N[C@@H](CCC(=O)O)C(=O)N[C@@H](C)C(=O)O)C(C)O. The smallest absolute Gasteiger partial charge is 0.325 e. The molecule has 0 saturated carbocycles. The Morgan fingerprint density at radius 2 is 0.880 bits per heavy atom. The summed E-state index contributed by atoms with van der Waals surface area (Å²) in [5, 5.41) is 84.1. The summed E-state index contributed by atoms with van der Waals surface area (Å²) in [4.78, 5) is 161. The van der Waals surface area contributed by atoms with Crippen molar-refractivity contribution < 1.29 is 83.4 Å². The van der Waals surface area contributed by atoms with Crippen molar-refractivity contribution in [2.75, 3.05) is 20.3 Å². The van der Waals surface area contributed by atoms with Crippen LogP contribution >= 0.6 is 0 Å². The van der Waals surface area contributed by atoms with Crippen LogP contribution < -0.4 is 53.2 Å². The molecule has 0 spiro atoms. The van der Waals surface area contributed by atoms with E-state index >= 15 is 0 Å². The van der Waals surface area contributed by atoms with Crippen LogP contribution in [0.25, 0.3) is 0 Å². The van der Waals surface area contributed by atoms with Crippen LogP contribution in [0.1, 0.15) is 84.4 Å². The molecule has 0 radical (unpaired) electrons. The zero-order valence-corrected chi connectivity index (χ0v) is 47.1. The summed E-state index contributed by atoms with van der Waals surface area (Å²) in [5.41, 5.74) is 0.328. The number of nitrogens with zero attached hydrogens (tertiary/aromatic N) is 2. The highest BCUT2D eigenvalue weighted by Crippen LogP contribution is 2.14. The van der Waals surface area contributed by atoms with Crippen molar-refractivity contribution in [3.63, 3.8) is 0 Å². The van der Waals surface area contributed by atoms with Crippen molar-refractivity contribution >= 4 is 65.1 Å². The van der Waals surface area contributed by atoms with Gasteiger partial charge in [0.25, 0.3) is 0 Å². The predicted molar refractivity (Wildman–Crippen MR) is 292 cm³/mol. The number of likely N-dealkylation sites (N-methyl/N-ethyl adjacent to an activating group) is 1. The average molecular weight is 1170 g/mol. The lowest BCUT2D eigenvalue weighted by Crippen LogP contribution is -2.63. The van der Waals surface area contributed by atoms with Gasteiger partial charge >= 0.3 is 11.9 Å². The number of carboxylic acids is 2. The zero-order chi connectivity index (χ0) is 62.1. The van der Waals surface area contributed by atoms with E-state index in [9.17, 15) is 83.4 Å². The van der Waals surface area contributed by atoms with Gasteiger partial charge in [-0.2, -0.15) is 0 Å². The van der Waals surface area contributed by atoms with Crippen molar-refractivity contribution in [1.82, 2.24) is 73.1 Å². The van der Waals surface area contributed by atoms with Crippen LogP contribution in [0.3, 0.4) is 0 Å². The van der Waals surface area contributed by atoms with Crippen molar-refractivity contribution in [3.05, 3.63) is 66.3 Å². The lowest BCUT2D eigenvalue weighted by molar-refractivity contribution is -0.142. The molecule has 31 nitrogen and oxygen atoms in total. The number of aromatic hydroxyl groups is 1. The van der Waals surface area contributed by atoms with Crippen LogP contribution in [0, 0.1) is 11.8 Å². The summed E-state index contributed by atoms with van der Waals surface area (Å²) in [6.07, 6.45) is 2.02. The number of aromatic amines is 2. The normalized spacial score (nSPS) is 15.2. The van der Waals surface area contributed by atoms with Crippen LogP contribution in [0.15, 0.2) is 49.1 Å². The molecule has 0 aliphatic carbocycles. The number of hydrogen-bond donors (Lipinski definition) is 18. The number of carbonyl (C=O) groups is 11. The number of phenols is 1. The summed E-state index contributed by atoms with van der Waals surface area (Å²) in [5.74, 6) is -11.9. The van der Waals surface area contributed by atoms with Crippen molar-refractivity contribution in [1.29, 1.82) is 0 Å². The molecule has 1 aromatic carbocycles. The van der Waals surface area contributed by atoms with Gasteiger partial charge in [0.1, 0.15) is 71.8 Å². The van der Waals surface area contributed by atoms with Gasteiger partial charge < -0.3 is 93.8 Å². The molecule has 83 heavy (non-hydrogen) atoms. The lowest BCUT2D eigenvalue weighted by Gasteiger charge is -2.28. The van der Waals surface area contributed by atoms with Gasteiger partial charge in [-0.25, -0.2) is 9.97 Å². The largest absolute Gasteiger partial charge is 0.508 e. The lowest BCUT2D eigenvalue weighted by atomic mass is 10.0. The molecular weight excluding hydrogens is 1090 g/mol. The second kappa shape index (κ2) is 34.0. The first-order valence-electron chi connectivity index (χ1n) is 26.7. The average Bonchev–Trinajstić information content (AvgIpc) is 4.28. The van der Waals surface area contributed by atoms with E-state index in [0.29, 0.717) is 12.0 Å². The number of rotatable bonds is 36. The molecule has 0 bridgehead atoms. The number of aliphatic carboxylic acids is 2. The van der Waals surface area contributed by atoms with Crippen LogP contribution in [-0.4, -0.2) is 202 Å². The molecule has 18 N–H and O–H groups in total. The number of aromatic nitrogens is 4. The Bertz CT molecular complexity index is 2640. The molecule has 0 saturated heterocycles. The van der Waals surface area contributed by atoms with Gasteiger partial charge in [-0.1, -0.05) is 39.8 Å². The maximum absolute atomic E-state index is 14.6. The monoisotopic (exact) mass is 1170 g/mol. The summed E-state index contributed by atoms with van der Waals surface area (Å²) in [6, 6.07) is -9.98. The van der Waals surface area contributed by atoms with E-state index in [1.165, 1.54) is 49.1 Å². The van der Waals surface area contributed by atoms with E-state index in [-0.39, 0.29) is 54.9 Å². The zero-order valence-electron chi connectivity index (χ0n) is 47.1. The van der Waals surface area contributed by atoms with E-state index in [1.54, 1.807) is 20.9 Å². The predicted octanol–water partition coefficient (Wildman–Crippen LogP) is -4.76. The molecular formula is C52H78N14O17. The van der Waals surface area contributed by atoms with Gasteiger partial charge in [-0.3, -0.25) is 52.7 Å². The van der Waals surface area contributed by atoms with E-state index in [2.05, 4.69) is 73.1 Å². The number of aliphatic hydroxyl groups is 3. The quantitative estimate of drug-likeness (QED) is 0.0260. The van der Waals surface area contributed by atoms with Gasteiger partial charge in [-0.15, -0.1) is 0 Å². The van der Waals surface area contributed by atoms with E-state index in [4.69, 9.17) is 0 Å². The molecule has 3 aromatic rings. The summed E-state index contributed by atoms with van der Waals surface area (Å²) in [6.45, 7) is 7.54. The maximum Gasteiger partial charge on any atom is 0.325 e. The number of hydrogen-bond acceptors (Lipinski definition) is 18. The third kappa shape index (κ3) is 23.5. The second-order valence-corrected chi connectivity index (χ2v) is 20.5. The van der Waals surface area contributed by atoms with Gasteiger partial charge in [-0.05, 0) is 69.7 Å². The Kier molecular flexibility index (Phi) is 28.2. The fraction of sp³-hybridized carbons (Fsp3) is 0.558. The van der Waals surface area contributed by atoms with Crippen LogP contribution in [-0.2, 0) is 72.0 Å². The number of aliphatic hydroxyl groups excluding tert-OH is 3. The minimum atomic E-state index is -1.95. The Labute approximate surface area is 477 Å². The van der Waals surface area contributed by atoms with Crippen molar-refractivity contribution in [2.45, 2.75) is 153 Å². The first kappa shape index (κ1) is 68.7. The van der Waals surface area contributed by atoms with E-state index < -0.39 is 158 Å². The number of benzene rings is 1. The van der Waals surface area contributed by atoms with Gasteiger partial charge in [0.2, 0.25) is 53.2 Å². The molecule has 9 amide bonds. The van der Waals surface area contributed by atoms with Gasteiger partial charge in [0, 0.05) is 50.5 Å². The molecule has 3 rings (SSSR count). The number of H-pyrrole nitrogens is 2. The molecule has 2 heterocycles. The molecule has 31 heteroatoms. The summed E-state index contributed by atoms with van der Waals surface area (Å²) in [7, 11) is 1.57. The number of carboxylic acid groups (broad SMARTS) is 2. The molecule has 0 aliphatic rings. The van der Waals surface area contributed by atoms with E-state index in [1.807, 2.05) is 13.8 Å². The Balaban J connectivity index is 1.96. The fourth-order valence-corrected chi connectivity index (χ4v) is 8.09. The molecule has 2 aromatic heterocycles. The van der Waals surface area contributed by atoms with Crippen LogP contribution in [0.2, 0.25) is 0 Å². The van der Waals surface area contributed by atoms with Crippen LogP contribution in [0.5, 0.6) is 5.75 Å². The number of carbonyl (C=O) groups excluding carboxylic acids is 9. The first-order valence-corrected chi connectivity index (χ1v) is 26.7. The second-order valence-electron chi connectivity index (χ2n) is 20.5. The number of phenolic OH excluding ortho intramolecular Hbond substituents is 1. The highest BCUT2D eigenvalue weighted by atomic mass is 16.4. The molecule has 11 atom stereocenters. The third-order valence-corrected chi connectivity index (χ3v) is 12.6. The Morgan fingerprint density at radius 1 is 0.494 bits per heavy atom. The highest BCUT2D eigenvalue weighted by molar-refractivity contribution is 5.99. The number of imidazole rings is 2. The minimum absolute atomic E-state index is 0.0158. The number of nitrogens with one attached hydrogen (secondary N) is 12. The Morgan fingerprint density at radius 3 is 1.30 bits per heavy atom. The molecule has 458 valence electrons. The van der Waals surface area contributed by atoms with Crippen LogP contribution in [0.4, 0.5) is 0 Å². The standard InChI is InChI=1S/C52H78N14O17/c1-25(2)18-32(53-7)44(74)64-37(23-67)50(80)60-33(19-26(3)4)45(75)62-36(22-40-56-16-17-57-40)47(77)63-35(21-39-54-14-15-55-39)46(76)61-34(20-29-8-10-30(70)11-9-29)48(78)66-42(28(6)69)51(81)65-38(24-68)49(79)59-31(12-13-41(71)72)43(73)58-27(5)52(82)83/h8-11,14-17,25-28,31-38,42,53,67-70H,12-13,18-24H2,1-7H3,(H,54,55)(H,56,57)(H,58,73)(H,59,79)(H,60,80)(H,61,76)(H,62,75)(H,63,77)(H,64,74)(H,65,81)(H,66,78)(H,71,72)(H,82,83)/t27-,28?,31-,32-,33-,34-,35-,36-,37-,38-,42-/m0/s1. The van der Waals surface area contributed by atoms with Gasteiger partial charge in [0.15, 0.2) is 0 Å². The third-order valence-electron chi connectivity index (χ3n) is 12.6. The molecule has 0 aliphatic heterocycles. The topological polar surface area (TPSA) is 487 Å². The maximum atomic E-state index is 14.6.